The molecular weight excluding hydrogens is 293 g/mol. The van der Waals surface area contributed by atoms with Crippen LogP contribution in [0.1, 0.15) is 5.56 Å². The molecular formula is C14H16FN3O2S. The van der Waals surface area contributed by atoms with Gasteiger partial charge >= 0.3 is 0 Å². The molecule has 0 unspecified atom stereocenters. The second-order valence-electron chi connectivity index (χ2n) is 4.67. The highest BCUT2D eigenvalue weighted by Gasteiger charge is 2.17. The fourth-order valence-corrected chi connectivity index (χ4v) is 2.83. The Bertz CT molecular complexity index is 733. The van der Waals surface area contributed by atoms with E-state index in [1.54, 1.807) is 18.3 Å². The third-order valence-electron chi connectivity index (χ3n) is 2.86. The van der Waals surface area contributed by atoms with Crippen molar-refractivity contribution in [1.29, 1.82) is 0 Å². The van der Waals surface area contributed by atoms with Gasteiger partial charge in [0.05, 0.1) is 0 Å². The molecule has 0 saturated carbocycles. The first-order valence-corrected chi connectivity index (χ1v) is 7.75. The van der Waals surface area contributed by atoms with E-state index in [1.807, 2.05) is 19.0 Å². The molecule has 1 heterocycles. The molecule has 21 heavy (non-hydrogen) atoms. The average Bonchev–Trinajstić information content (AvgIpc) is 2.46. The molecule has 1 aromatic heterocycles. The van der Waals surface area contributed by atoms with Crippen LogP contribution in [0.2, 0.25) is 0 Å². The van der Waals surface area contributed by atoms with Gasteiger partial charge in [-0.2, -0.15) is 0 Å². The molecule has 5 nitrogen and oxygen atoms in total. The predicted molar refractivity (Wildman–Crippen MR) is 79.0 cm³/mol. The lowest BCUT2D eigenvalue weighted by molar-refractivity contribution is 0.557. The maximum absolute atomic E-state index is 13.5. The molecule has 0 aliphatic carbocycles. The molecule has 0 aliphatic heterocycles. The normalized spacial score (nSPS) is 11.4. The lowest BCUT2D eigenvalue weighted by atomic mass is 10.2. The fraction of sp³-hybridized carbons (Fsp3) is 0.214. The molecule has 0 atom stereocenters. The third kappa shape index (κ3) is 3.77. The number of hydrogen-bond donors (Lipinski definition) is 1. The highest BCUT2D eigenvalue weighted by Crippen LogP contribution is 2.14. The number of sulfonamides is 1. The van der Waals surface area contributed by atoms with E-state index in [4.69, 9.17) is 0 Å². The van der Waals surface area contributed by atoms with E-state index >= 15 is 0 Å². The second-order valence-corrected chi connectivity index (χ2v) is 6.41. The lowest BCUT2D eigenvalue weighted by Crippen LogP contribution is -2.24. The van der Waals surface area contributed by atoms with Crippen LogP contribution in [0.5, 0.6) is 0 Å². The maximum Gasteiger partial charge on any atom is 0.243 e. The van der Waals surface area contributed by atoms with E-state index < -0.39 is 15.8 Å². The van der Waals surface area contributed by atoms with Gasteiger partial charge in [-0.25, -0.2) is 22.5 Å². The van der Waals surface area contributed by atoms with Gasteiger partial charge in [-0.3, -0.25) is 0 Å². The summed E-state index contributed by atoms with van der Waals surface area (Å²) in [6.07, 6.45) is 1.60. The zero-order chi connectivity index (χ0) is 15.5. The first kappa shape index (κ1) is 15.4. The quantitative estimate of drug-likeness (QED) is 0.914. The standard InChI is InChI=1S/C14H16FN3O2S/c1-18(2)14-9-11(7-8-16-14)10-17-21(19,20)13-6-4-3-5-12(13)15/h3-9,17H,10H2,1-2H3. The number of aromatic nitrogens is 1. The molecule has 0 saturated heterocycles. The van der Waals surface area contributed by atoms with E-state index in [0.717, 1.165) is 17.4 Å². The number of halogens is 1. The highest BCUT2D eigenvalue weighted by molar-refractivity contribution is 7.89. The van der Waals surface area contributed by atoms with E-state index in [2.05, 4.69) is 9.71 Å². The fourth-order valence-electron chi connectivity index (χ4n) is 1.73. The Morgan fingerprint density at radius 2 is 1.95 bits per heavy atom. The van der Waals surface area contributed by atoms with Gasteiger partial charge in [-0.15, -0.1) is 0 Å². The molecule has 2 rings (SSSR count). The van der Waals surface area contributed by atoms with Crippen LogP contribution in [0.4, 0.5) is 10.2 Å². The first-order valence-electron chi connectivity index (χ1n) is 6.26. The summed E-state index contributed by atoms with van der Waals surface area (Å²) in [5, 5.41) is 0. The minimum atomic E-state index is -3.88. The van der Waals surface area contributed by atoms with Crippen molar-refractivity contribution in [3.05, 3.63) is 54.0 Å². The zero-order valence-electron chi connectivity index (χ0n) is 11.7. The number of nitrogens with zero attached hydrogens (tertiary/aromatic N) is 2. The number of anilines is 1. The predicted octanol–water partition coefficient (Wildman–Crippen LogP) is 1.77. The van der Waals surface area contributed by atoms with Gasteiger partial charge in [0.25, 0.3) is 0 Å². The molecule has 7 heteroatoms. The van der Waals surface area contributed by atoms with Crippen LogP contribution in [-0.2, 0) is 16.6 Å². The smallest absolute Gasteiger partial charge is 0.243 e. The highest BCUT2D eigenvalue weighted by atomic mass is 32.2. The summed E-state index contributed by atoms with van der Waals surface area (Å²) in [5.74, 6) is -0.0497. The molecule has 1 N–H and O–H groups in total. The van der Waals surface area contributed by atoms with Crippen molar-refractivity contribution in [2.45, 2.75) is 11.4 Å². The van der Waals surface area contributed by atoms with Crippen molar-refractivity contribution in [2.24, 2.45) is 0 Å². The number of rotatable bonds is 5. The molecule has 0 fully saturated rings. The average molecular weight is 309 g/mol. The number of pyridine rings is 1. The van der Waals surface area contributed by atoms with Gasteiger partial charge in [0.1, 0.15) is 16.5 Å². The Morgan fingerprint density at radius 1 is 1.24 bits per heavy atom. The van der Waals surface area contributed by atoms with Gasteiger partial charge in [0.2, 0.25) is 10.0 Å². The monoisotopic (exact) mass is 309 g/mol. The molecule has 0 spiro atoms. The molecule has 112 valence electrons. The Morgan fingerprint density at radius 3 is 2.62 bits per heavy atom. The van der Waals surface area contributed by atoms with Gasteiger partial charge in [-0.05, 0) is 29.8 Å². The number of nitrogens with one attached hydrogen (secondary N) is 1. The summed E-state index contributed by atoms with van der Waals surface area (Å²) in [4.78, 5) is 5.60. The molecule has 1 aromatic carbocycles. The molecule has 0 amide bonds. The van der Waals surface area contributed by atoms with Crippen LogP contribution in [0.25, 0.3) is 0 Å². The van der Waals surface area contributed by atoms with E-state index in [0.29, 0.717) is 0 Å². The Hall–Kier alpha value is -1.99. The van der Waals surface area contributed by atoms with Crippen molar-refractivity contribution in [3.63, 3.8) is 0 Å². The summed E-state index contributed by atoms with van der Waals surface area (Å²) in [5.41, 5.74) is 0.744. The maximum atomic E-state index is 13.5. The van der Waals surface area contributed by atoms with Crippen LogP contribution in [0.3, 0.4) is 0 Å². The molecule has 2 aromatic rings. The minimum absolute atomic E-state index is 0.0695. The SMILES string of the molecule is CN(C)c1cc(CNS(=O)(=O)c2ccccc2F)ccn1. The zero-order valence-corrected chi connectivity index (χ0v) is 12.6. The van der Waals surface area contributed by atoms with Crippen molar-refractivity contribution in [3.8, 4) is 0 Å². The van der Waals surface area contributed by atoms with Crippen LogP contribution >= 0.6 is 0 Å². The third-order valence-corrected chi connectivity index (χ3v) is 4.30. The molecule has 0 radical (unpaired) electrons. The van der Waals surface area contributed by atoms with Crippen molar-refractivity contribution < 1.29 is 12.8 Å². The number of benzene rings is 1. The second kappa shape index (κ2) is 6.19. The van der Waals surface area contributed by atoms with E-state index in [9.17, 15) is 12.8 Å². The van der Waals surface area contributed by atoms with Crippen molar-refractivity contribution in [2.75, 3.05) is 19.0 Å². The summed E-state index contributed by atoms with van der Waals surface area (Å²) < 4.78 is 40.1. The van der Waals surface area contributed by atoms with Crippen molar-refractivity contribution in [1.82, 2.24) is 9.71 Å². The van der Waals surface area contributed by atoms with Gasteiger partial charge in [0, 0.05) is 26.8 Å². The van der Waals surface area contributed by atoms with E-state index in [1.165, 1.54) is 18.2 Å². The first-order chi connectivity index (χ1) is 9.90. The summed E-state index contributed by atoms with van der Waals surface area (Å²) >= 11 is 0. The van der Waals surface area contributed by atoms with Crippen LogP contribution < -0.4 is 9.62 Å². The summed E-state index contributed by atoms with van der Waals surface area (Å²) in [6.45, 7) is 0.0695. The van der Waals surface area contributed by atoms with Crippen LogP contribution in [-0.4, -0.2) is 27.5 Å². The largest absolute Gasteiger partial charge is 0.363 e. The minimum Gasteiger partial charge on any atom is -0.363 e. The molecule has 0 aliphatic rings. The lowest BCUT2D eigenvalue weighted by Gasteiger charge is -2.12. The van der Waals surface area contributed by atoms with Crippen LogP contribution in [0, 0.1) is 5.82 Å². The van der Waals surface area contributed by atoms with Crippen LogP contribution in [0.15, 0.2) is 47.5 Å². The molecule has 0 bridgehead atoms. The summed E-state index contributed by atoms with van der Waals surface area (Å²) in [7, 11) is -0.195. The number of hydrogen-bond acceptors (Lipinski definition) is 4. The van der Waals surface area contributed by atoms with Gasteiger partial charge < -0.3 is 4.90 Å². The summed E-state index contributed by atoms with van der Waals surface area (Å²) in [6, 6.07) is 8.75. The Labute approximate surface area is 123 Å². The Kier molecular flexibility index (Phi) is 4.54. The topological polar surface area (TPSA) is 62.3 Å². The Balaban J connectivity index is 2.16. The van der Waals surface area contributed by atoms with Gasteiger partial charge in [0.15, 0.2) is 0 Å². The van der Waals surface area contributed by atoms with E-state index in [-0.39, 0.29) is 11.4 Å². The van der Waals surface area contributed by atoms with Crippen molar-refractivity contribution >= 4 is 15.8 Å². The van der Waals surface area contributed by atoms with Gasteiger partial charge in [-0.1, -0.05) is 12.1 Å².